The van der Waals surface area contributed by atoms with E-state index in [4.69, 9.17) is 10.8 Å². The molecular formula is C13H20N2. The Bertz CT molecular complexity index is 262. The first-order valence-electron chi connectivity index (χ1n) is 5.20. The van der Waals surface area contributed by atoms with E-state index in [0.29, 0.717) is 0 Å². The van der Waals surface area contributed by atoms with E-state index in [1.165, 1.54) is 12.4 Å². The van der Waals surface area contributed by atoms with Gasteiger partial charge in [-0.1, -0.05) is 29.9 Å². The van der Waals surface area contributed by atoms with Gasteiger partial charge in [0.1, 0.15) is 0 Å². The molecule has 1 atom stereocenters. The van der Waals surface area contributed by atoms with Crippen molar-refractivity contribution in [2.75, 3.05) is 0 Å². The molecule has 2 nitrogen and oxygen atoms in total. The van der Waals surface area contributed by atoms with Crippen molar-refractivity contribution in [2.24, 2.45) is 5.92 Å². The third kappa shape index (κ3) is 7.62. The number of unbranched alkanes of at least 4 members (excludes halogenated alkanes) is 1. The highest BCUT2D eigenvalue weighted by atomic mass is 14.3. The summed E-state index contributed by atoms with van der Waals surface area (Å²) in [5.74, 6) is 0.162. The van der Waals surface area contributed by atoms with Crippen molar-refractivity contribution >= 4 is 12.4 Å². The Balaban J connectivity index is 4.14. The Morgan fingerprint density at radius 2 is 2.07 bits per heavy atom. The van der Waals surface area contributed by atoms with Gasteiger partial charge in [0.05, 0.1) is 0 Å². The van der Waals surface area contributed by atoms with Gasteiger partial charge in [-0.2, -0.15) is 0 Å². The third-order valence-corrected chi connectivity index (χ3v) is 1.99. The fourth-order valence-corrected chi connectivity index (χ4v) is 1.22. The predicted molar refractivity (Wildman–Crippen MR) is 68.0 cm³/mol. The molecule has 0 aromatic rings. The van der Waals surface area contributed by atoms with Gasteiger partial charge in [0.2, 0.25) is 0 Å². The first kappa shape index (κ1) is 13.6. The summed E-state index contributed by atoms with van der Waals surface area (Å²) in [6, 6.07) is 0. The maximum atomic E-state index is 7.23. The van der Waals surface area contributed by atoms with Gasteiger partial charge < -0.3 is 10.8 Å². The molecule has 1 unspecified atom stereocenters. The molecule has 0 aromatic heterocycles. The monoisotopic (exact) mass is 204 g/mol. The molecule has 0 rings (SSSR count). The average Bonchev–Trinajstić information content (AvgIpc) is 2.24. The van der Waals surface area contributed by atoms with Crippen LogP contribution >= 0.6 is 0 Å². The van der Waals surface area contributed by atoms with Crippen molar-refractivity contribution in [3.8, 4) is 0 Å². The predicted octanol–water partition coefficient (Wildman–Crippen LogP) is 3.76. The minimum atomic E-state index is 0.162. The summed E-state index contributed by atoms with van der Waals surface area (Å²) in [5.41, 5.74) is 1.16. The number of hydrogen-bond acceptors (Lipinski definition) is 2. The lowest BCUT2D eigenvalue weighted by atomic mass is 10.0. The van der Waals surface area contributed by atoms with Crippen LogP contribution in [0, 0.1) is 16.7 Å². The molecule has 0 fully saturated rings. The summed E-state index contributed by atoms with van der Waals surface area (Å²) < 4.78 is 0. The van der Waals surface area contributed by atoms with Gasteiger partial charge in [-0.25, -0.2) is 0 Å². The molecule has 0 bridgehead atoms. The molecule has 0 amide bonds. The minimum absolute atomic E-state index is 0.162. The molecule has 2 N–H and O–H groups in total. The van der Waals surface area contributed by atoms with Gasteiger partial charge in [0, 0.05) is 12.1 Å². The van der Waals surface area contributed by atoms with Crippen LogP contribution in [0.2, 0.25) is 0 Å². The van der Waals surface area contributed by atoms with E-state index in [-0.39, 0.29) is 5.92 Å². The maximum absolute atomic E-state index is 7.23. The summed E-state index contributed by atoms with van der Waals surface area (Å²) in [5, 5.41) is 14.1. The molecule has 0 aliphatic rings. The van der Waals surface area contributed by atoms with Crippen molar-refractivity contribution in [1.82, 2.24) is 0 Å². The first-order valence-corrected chi connectivity index (χ1v) is 5.20. The second-order valence-corrected chi connectivity index (χ2v) is 3.45. The van der Waals surface area contributed by atoms with Crippen LogP contribution in [0.4, 0.5) is 0 Å². The highest BCUT2D eigenvalue weighted by Gasteiger charge is 1.97. The second-order valence-electron chi connectivity index (χ2n) is 3.45. The smallest absolute Gasteiger partial charge is 0.0155 e. The van der Waals surface area contributed by atoms with Gasteiger partial charge in [-0.15, -0.1) is 6.58 Å². The zero-order valence-electron chi connectivity index (χ0n) is 9.37. The molecule has 0 saturated carbocycles. The van der Waals surface area contributed by atoms with E-state index in [9.17, 15) is 0 Å². The highest BCUT2D eigenvalue weighted by molar-refractivity contribution is 5.60. The minimum Gasteiger partial charge on any atom is -0.313 e. The molecule has 0 saturated heterocycles. The summed E-state index contributed by atoms with van der Waals surface area (Å²) in [7, 11) is 0. The number of allylic oxidation sites excluding steroid dienone is 5. The molecule has 0 spiro atoms. The Kier molecular flexibility index (Phi) is 8.25. The van der Waals surface area contributed by atoms with Crippen LogP contribution < -0.4 is 0 Å². The van der Waals surface area contributed by atoms with Crippen LogP contribution in [0.5, 0.6) is 0 Å². The van der Waals surface area contributed by atoms with Gasteiger partial charge in [-0.05, 0) is 32.4 Å². The number of hydrogen-bond donors (Lipinski definition) is 2. The quantitative estimate of drug-likeness (QED) is 0.262. The molecule has 0 aliphatic heterocycles. The van der Waals surface area contributed by atoms with Gasteiger partial charge in [-0.3, -0.25) is 0 Å². The van der Waals surface area contributed by atoms with Crippen molar-refractivity contribution in [2.45, 2.75) is 26.2 Å². The van der Waals surface area contributed by atoms with Crippen molar-refractivity contribution in [1.29, 1.82) is 10.8 Å². The van der Waals surface area contributed by atoms with Gasteiger partial charge in [0.25, 0.3) is 0 Å². The van der Waals surface area contributed by atoms with Gasteiger partial charge in [0.15, 0.2) is 0 Å². The molecule has 2 heteroatoms. The zero-order chi connectivity index (χ0) is 11.5. The zero-order valence-corrected chi connectivity index (χ0v) is 9.37. The van der Waals surface area contributed by atoms with Crippen molar-refractivity contribution in [3.05, 3.63) is 36.5 Å². The second kappa shape index (κ2) is 9.13. The summed E-state index contributed by atoms with van der Waals surface area (Å²) >= 11 is 0. The Morgan fingerprint density at radius 3 is 2.60 bits per heavy atom. The van der Waals surface area contributed by atoms with Gasteiger partial charge >= 0.3 is 0 Å². The van der Waals surface area contributed by atoms with Crippen molar-refractivity contribution in [3.63, 3.8) is 0 Å². The van der Waals surface area contributed by atoms with Crippen LogP contribution in [-0.4, -0.2) is 12.4 Å². The lowest BCUT2D eigenvalue weighted by Crippen LogP contribution is -1.95. The first-order chi connectivity index (χ1) is 7.24. The number of rotatable bonds is 8. The lowest BCUT2D eigenvalue weighted by molar-refractivity contribution is 0.888. The van der Waals surface area contributed by atoms with E-state index in [1.807, 2.05) is 19.1 Å². The number of nitrogens with one attached hydrogen (secondary N) is 2. The maximum Gasteiger partial charge on any atom is 0.0155 e. The van der Waals surface area contributed by atoms with Crippen LogP contribution in [0.15, 0.2) is 36.5 Å². The normalized spacial score (nSPS) is 13.8. The van der Waals surface area contributed by atoms with E-state index >= 15 is 0 Å². The summed E-state index contributed by atoms with van der Waals surface area (Å²) in [4.78, 5) is 0. The fraction of sp³-hybridized carbons (Fsp3) is 0.385. The molecule has 15 heavy (non-hydrogen) atoms. The van der Waals surface area contributed by atoms with E-state index in [0.717, 1.165) is 24.8 Å². The standard InChI is InChI=1S/C13H20N2/c1-3-7-13(11-15)10-12(2)8-5-4-6-9-14/h3,5,8-11,13-15H,1,4,6-7H2,2H3/b8-5+,12-10+,14-9?,15-11?. The SMILES string of the molecule is C=CCC(C=N)/C=C(C)/C=C/CCC=N. The van der Waals surface area contributed by atoms with E-state index in [2.05, 4.69) is 18.7 Å². The highest BCUT2D eigenvalue weighted by Crippen LogP contribution is 2.07. The van der Waals surface area contributed by atoms with Crippen LogP contribution in [0.3, 0.4) is 0 Å². The van der Waals surface area contributed by atoms with Crippen LogP contribution in [0.1, 0.15) is 26.2 Å². The Hall–Kier alpha value is -1.44. The topological polar surface area (TPSA) is 47.7 Å². The molecule has 0 aromatic carbocycles. The molecule has 0 heterocycles. The Morgan fingerprint density at radius 1 is 1.33 bits per heavy atom. The molecular weight excluding hydrogens is 184 g/mol. The van der Waals surface area contributed by atoms with E-state index in [1.54, 1.807) is 0 Å². The molecule has 0 radical (unpaired) electrons. The summed E-state index contributed by atoms with van der Waals surface area (Å²) in [6.45, 7) is 5.69. The average molecular weight is 204 g/mol. The van der Waals surface area contributed by atoms with Crippen molar-refractivity contribution < 1.29 is 0 Å². The largest absolute Gasteiger partial charge is 0.313 e. The van der Waals surface area contributed by atoms with E-state index < -0.39 is 0 Å². The molecule has 0 aliphatic carbocycles. The summed E-state index contributed by atoms with van der Waals surface area (Å²) in [6.07, 6.45) is 13.4. The molecule has 82 valence electrons. The lowest BCUT2D eigenvalue weighted by Gasteiger charge is -2.02. The van der Waals surface area contributed by atoms with Crippen LogP contribution in [0.25, 0.3) is 0 Å². The fourth-order valence-electron chi connectivity index (χ4n) is 1.22. The third-order valence-electron chi connectivity index (χ3n) is 1.99. The van der Waals surface area contributed by atoms with Crippen LogP contribution in [-0.2, 0) is 0 Å². The Labute approximate surface area is 92.4 Å².